The number of methoxy groups -OCH3 is 1. The molecule has 0 aliphatic heterocycles. The first-order valence-corrected chi connectivity index (χ1v) is 12.2. The number of H-pyrrole nitrogens is 1. The summed E-state index contributed by atoms with van der Waals surface area (Å²) in [5.74, 6) is 1.85. The molecule has 3 rings (SSSR count). The van der Waals surface area contributed by atoms with Crippen LogP contribution >= 0.6 is 0 Å². The van der Waals surface area contributed by atoms with Crippen molar-refractivity contribution in [2.75, 3.05) is 7.11 Å². The Kier molecular flexibility index (Phi) is 8.86. The average molecular weight is 459 g/mol. The number of hydrogen-bond donors (Lipinski definition) is 1. The molecule has 1 fully saturated rings. The Labute approximate surface area is 203 Å². The fraction of sp³-hybridized carbons (Fsp3) is 0.400. The standard InChI is InChI=1S/C30H38N2O2/c1-7-27-28(18-20(2)3)32-30(31-27)22(5)9-8-21(4)24-14-16-26(17-15-24)25-12-10-23(11-13-25)19-29(33)34-6/h7-9,14-18,23,25H,2,10-13,19H2,1,3-6H3,(H,31,32)/b21-8+,22-9?,27-7+,28-18+. The van der Waals surface area contributed by atoms with Gasteiger partial charge in [0.05, 0.1) is 17.8 Å². The number of aromatic amines is 1. The molecule has 180 valence electrons. The molecule has 0 amide bonds. The number of aromatic nitrogens is 2. The van der Waals surface area contributed by atoms with Crippen LogP contribution in [0, 0.1) is 5.92 Å². The second-order valence-electron chi connectivity index (χ2n) is 9.48. The molecule has 1 heterocycles. The highest BCUT2D eigenvalue weighted by molar-refractivity contribution is 5.70. The highest BCUT2D eigenvalue weighted by Crippen LogP contribution is 2.37. The molecule has 0 radical (unpaired) electrons. The summed E-state index contributed by atoms with van der Waals surface area (Å²) >= 11 is 0. The van der Waals surface area contributed by atoms with Crippen molar-refractivity contribution >= 4 is 29.3 Å². The third kappa shape index (κ3) is 6.69. The number of allylic oxidation sites excluding steroid dienone is 5. The number of esters is 1. The predicted molar refractivity (Wildman–Crippen MR) is 142 cm³/mol. The first-order valence-electron chi connectivity index (χ1n) is 12.2. The highest BCUT2D eigenvalue weighted by atomic mass is 16.5. The Balaban J connectivity index is 1.67. The van der Waals surface area contributed by atoms with Gasteiger partial charge in [-0.1, -0.05) is 54.6 Å². The van der Waals surface area contributed by atoms with Gasteiger partial charge in [-0.15, -0.1) is 0 Å². The number of carbonyl (C=O) groups excluding carboxylic acids is 1. The van der Waals surface area contributed by atoms with Gasteiger partial charge in [0.15, 0.2) is 0 Å². The van der Waals surface area contributed by atoms with E-state index in [0.29, 0.717) is 18.3 Å². The second-order valence-corrected chi connectivity index (χ2v) is 9.48. The van der Waals surface area contributed by atoms with Crippen LogP contribution in [0.15, 0.2) is 48.6 Å². The smallest absolute Gasteiger partial charge is 0.305 e. The maximum absolute atomic E-state index is 11.5. The summed E-state index contributed by atoms with van der Waals surface area (Å²) in [4.78, 5) is 19.7. The van der Waals surface area contributed by atoms with E-state index in [1.807, 2.05) is 26.0 Å². The molecule has 2 aromatic rings. The Morgan fingerprint density at radius 3 is 2.32 bits per heavy atom. The number of ether oxygens (including phenoxy) is 1. The van der Waals surface area contributed by atoms with Crippen LogP contribution in [0.25, 0.3) is 23.3 Å². The summed E-state index contributed by atoms with van der Waals surface area (Å²) in [6, 6.07) is 8.98. The number of rotatable bonds is 7. The lowest BCUT2D eigenvalue weighted by molar-refractivity contribution is -0.142. The molecule has 1 aromatic heterocycles. The van der Waals surface area contributed by atoms with Gasteiger partial charge in [-0.25, -0.2) is 4.98 Å². The third-order valence-electron chi connectivity index (χ3n) is 6.75. The maximum atomic E-state index is 11.5. The monoisotopic (exact) mass is 458 g/mol. The molecular weight excluding hydrogens is 420 g/mol. The lowest BCUT2D eigenvalue weighted by Gasteiger charge is -2.28. The molecule has 1 saturated carbocycles. The van der Waals surface area contributed by atoms with Gasteiger partial charge in [-0.2, -0.15) is 0 Å². The van der Waals surface area contributed by atoms with Gasteiger partial charge in [0.2, 0.25) is 0 Å². The lowest BCUT2D eigenvalue weighted by Crippen LogP contribution is -2.23. The van der Waals surface area contributed by atoms with Crippen LogP contribution in [0.5, 0.6) is 0 Å². The van der Waals surface area contributed by atoms with Crippen LogP contribution < -0.4 is 10.7 Å². The minimum Gasteiger partial charge on any atom is -0.469 e. The van der Waals surface area contributed by atoms with E-state index in [1.165, 1.54) is 23.8 Å². The van der Waals surface area contributed by atoms with Gasteiger partial charge < -0.3 is 9.72 Å². The summed E-state index contributed by atoms with van der Waals surface area (Å²) in [7, 11) is 1.47. The van der Waals surface area contributed by atoms with Crippen LogP contribution in [-0.2, 0) is 9.53 Å². The minimum atomic E-state index is -0.0822. The molecule has 0 saturated heterocycles. The van der Waals surface area contributed by atoms with Crippen molar-refractivity contribution in [1.29, 1.82) is 0 Å². The number of imidazole rings is 1. The van der Waals surface area contributed by atoms with E-state index in [2.05, 4.69) is 61.8 Å². The van der Waals surface area contributed by atoms with Gasteiger partial charge in [0.25, 0.3) is 0 Å². The fourth-order valence-electron chi connectivity index (χ4n) is 4.63. The van der Waals surface area contributed by atoms with E-state index < -0.39 is 0 Å². The van der Waals surface area contributed by atoms with Crippen LogP contribution in [0.4, 0.5) is 0 Å². The van der Waals surface area contributed by atoms with E-state index >= 15 is 0 Å². The van der Waals surface area contributed by atoms with Gasteiger partial charge in [0, 0.05) is 6.42 Å². The fourth-order valence-corrected chi connectivity index (χ4v) is 4.63. The zero-order chi connectivity index (χ0) is 24.7. The average Bonchev–Trinajstić information content (AvgIpc) is 3.25. The molecule has 0 spiro atoms. The second kappa shape index (κ2) is 11.8. The van der Waals surface area contributed by atoms with Crippen molar-refractivity contribution in [3.8, 4) is 0 Å². The summed E-state index contributed by atoms with van der Waals surface area (Å²) in [5, 5.41) is 1.94. The van der Waals surface area contributed by atoms with Crippen LogP contribution in [0.3, 0.4) is 0 Å². The van der Waals surface area contributed by atoms with Crippen molar-refractivity contribution in [2.45, 2.75) is 65.7 Å². The van der Waals surface area contributed by atoms with Crippen molar-refractivity contribution in [2.24, 2.45) is 5.92 Å². The van der Waals surface area contributed by atoms with E-state index in [0.717, 1.165) is 53.4 Å². The summed E-state index contributed by atoms with van der Waals surface area (Å²) < 4.78 is 4.83. The number of hydrogen-bond acceptors (Lipinski definition) is 3. The molecule has 4 heteroatoms. The topological polar surface area (TPSA) is 55.0 Å². The van der Waals surface area contributed by atoms with Gasteiger partial charge >= 0.3 is 5.97 Å². The molecule has 1 N–H and O–H groups in total. The normalized spacial score (nSPS) is 20.5. The van der Waals surface area contributed by atoms with E-state index in [9.17, 15) is 4.79 Å². The van der Waals surface area contributed by atoms with Crippen molar-refractivity contribution in [1.82, 2.24) is 9.97 Å². The number of carbonyl (C=O) groups is 1. The molecule has 1 aromatic carbocycles. The number of benzene rings is 1. The molecule has 1 aliphatic carbocycles. The molecule has 4 nitrogen and oxygen atoms in total. The first kappa shape index (κ1) is 25.5. The molecule has 34 heavy (non-hydrogen) atoms. The first-order chi connectivity index (χ1) is 16.3. The van der Waals surface area contributed by atoms with Gasteiger partial charge in [-0.05, 0) is 93.6 Å². The number of nitrogens with one attached hydrogen (secondary N) is 1. The summed E-state index contributed by atoms with van der Waals surface area (Å²) in [6.45, 7) is 12.2. The van der Waals surface area contributed by atoms with Crippen molar-refractivity contribution in [3.05, 3.63) is 76.2 Å². The quantitative estimate of drug-likeness (QED) is 0.414. The Bertz CT molecular complexity index is 1190. The van der Waals surface area contributed by atoms with Gasteiger partial charge in [0.1, 0.15) is 5.82 Å². The largest absolute Gasteiger partial charge is 0.469 e. The van der Waals surface area contributed by atoms with E-state index in [4.69, 9.17) is 9.72 Å². The van der Waals surface area contributed by atoms with Crippen molar-refractivity contribution < 1.29 is 9.53 Å². The molecule has 0 atom stereocenters. The Hall–Kier alpha value is -3.14. The Morgan fingerprint density at radius 1 is 1.09 bits per heavy atom. The zero-order valence-electron chi connectivity index (χ0n) is 21.3. The molecule has 1 aliphatic rings. The van der Waals surface area contributed by atoms with Crippen LogP contribution in [0.2, 0.25) is 0 Å². The Morgan fingerprint density at radius 2 is 1.74 bits per heavy atom. The molecule has 0 bridgehead atoms. The zero-order valence-corrected chi connectivity index (χ0v) is 21.3. The molecular formula is C30H38N2O2. The maximum Gasteiger partial charge on any atom is 0.305 e. The lowest BCUT2D eigenvalue weighted by atomic mass is 9.77. The SMILES string of the molecule is C=C(C)/C=c1/[nH]c(C(C)=C/C=C(\C)c2ccc(C3CCC(CC(=O)OC)CC3)cc2)n/c1=C/C. The summed E-state index contributed by atoms with van der Waals surface area (Å²) in [6.07, 6.45) is 13.3. The highest BCUT2D eigenvalue weighted by Gasteiger charge is 2.24. The van der Waals surface area contributed by atoms with Crippen LogP contribution in [-0.4, -0.2) is 23.0 Å². The van der Waals surface area contributed by atoms with Gasteiger partial charge in [-0.3, -0.25) is 4.79 Å². The third-order valence-corrected chi connectivity index (χ3v) is 6.75. The number of nitrogens with zero attached hydrogens (tertiary/aromatic N) is 1. The van der Waals surface area contributed by atoms with E-state index in [1.54, 1.807) is 0 Å². The molecule has 0 unspecified atom stereocenters. The van der Waals surface area contributed by atoms with Crippen molar-refractivity contribution in [3.63, 3.8) is 0 Å². The summed E-state index contributed by atoms with van der Waals surface area (Å²) in [5.41, 5.74) is 5.93. The van der Waals surface area contributed by atoms with Crippen LogP contribution in [0.1, 0.15) is 82.7 Å². The predicted octanol–water partition coefficient (Wildman–Crippen LogP) is 5.91. The minimum absolute atomic E-state index is 0.0822. The van der Waals surface area contributed by atoms with E-state index in [-0.39, 0.29) is 5.97 Å².